The summed E-state index contributed by atoms with van der Waals surface area (Å²) >= 11 is 0. The molecule has 5 rings (SSSR count). The van der Waals surface area contributed by atoms with Crippen molar-refractivity contribution in [1.29, 1.82) is 0 Å². The van der Waals surface area contributed by atoms with Crippen molar-refractivity contribution < 1.29 is 14.3 Å². The first-order chi connectivity index (χ1) is 15.8. The fourth-order valence-electron chi connectivity index (χ4n) is 4.16. The van der Waals surface area contributed by atoms with Gasteiger partial charge in [-0.05, 0) is 49.7 Å². The highest BCUT2D eigenvalue weighted by Gasteiger charge is 2.30. The number of amides is 1. The van der Waals surface area contributed by atoms with Crippen LogP contribution in [0, 0.1) is 0 Å². The fraction of sp³-hybridized carbons (Fsp3) is 0.391. The van der Waals surface area contributed by atoms with E-state index in [-0.39, 0.29) is 5.91 Å². The van der Waals surface area contributed by atoms with E-state index in [4.69, 9.17) is 14.5 Å². The van der Waals surface area contributed by atoms with Crippen LogP contribution in [0.25, 0.3) is 5.95 Å². The Morgan fingerprint density at radius 3 is 2.72 bits per heavy atom. The van der Waals surface area contributed by atoms with Gasteiger partial charge in [0.2, 0.25) is 11.9 Å². The first-order valence-corrected chi connectivity index (χ1v) is 11.0. The summed E-state index contributed by atoms with van der Waals surface area (Å²) in [7, 11) is 0. The second-order valence-corrected chi connectivity index (χ2v) is 7.95. The molecule has 1 N–H and O–H groups in total. The van der Waals surface area contributed by atoms with Crippen molar-refractivity contribution in [2.45, 2.75) is 31.8 Å². The van der Waals surface area contributed by atoms with Crippen molar-refractivity contribution in [3.05, 3.63) is 60.4 Å². The molecule has 2 aromatic heterocycles. The minimum Gasteiger partial charge on any atom is -0.486 e. The number of nitrogens with one attached hydrogen (secondary N) is 1. The van der Waals surface area contributed by atoms with Gasteiger partial charge in [-0.15, -0.1) is 0 Å². The predicted octanol–water partition coefficient (Wildman–Crippen LogP) is 2.28. The summed E-state index contributed by atoms with van der Waals surface area (Å²) in [4.78, 5) is 28.7. The van der Waals surface area contributed by atoms with Crippen molar-refractivity contribution in [3.8, 4) is 17.4 Å². The molecule has 0 aliphatic carbocycles. The van der Waals surface area contributed by atoms with Crippen LogP contribution in [0.5, 0.6) is 11.5 Å². The zero-order valence-corrected chi connectivity index (χ0v) is 17.8. The lowest BCUT2D eigenvalue weighted by Gasteiger charge is -2.33. The molecule has 2 aliphatic heterocycles. The van der Waals surface area contributed by atoms with Crippen LogP contribution in [0.4, 0.5) is 0 Å². The molecule has 1 amide bonds. The molecule has 1 atom stereocenters. The molecule has 32 heavy (non-hydrogen) atoms. The molecule has 9 nitrogen and oxygen atoms in total. The summed E-state index contributed by atoms with van der Waals surface area (Å²) in [5.74, 6) is 1.89. The van der Waals surface area contributed by atoms with Crippen LogP contribution in [0.3, 0.4) is 0 Å². The van der Waals surface area contributed by atoms with Gasteiger partial charge >= 0.3 is 0 Å². The molecule has 1 saturated heterocycles. The van der Waals surface area contributed by atoms with Gasteiger partial charge in [0.15, 0.2) is 11.5 Å². The van der Waals surface area contributed by atoms with Crippen molar-refractivity contribution in [2.24, 2.45) is 0 Å². The van der Waals surface area contributed by atoms with Crippen molar-refractivity contribution >= 4 is 5.91 Å². The molecule has 4 heterocycles. The van der Waals surface area contributed by atoms with Crippen molar-refractivity contribution in [1.82, 2.24) is 29.7 Å². The molecule has 0 radical (unpaired) electrons. The number of fused-ring (bicyclic) bond motifs is 1. The van der Waals surface area contributed by atoms with E-state index < -0.39 is 6.04 Å². The zero-order valence-electron chi connectivity index (χ0n) is 17.8. The Bertz CT molecular complexity index is 1070. The Morgan fingerprint density at radius 2 is 1.91 bits per heavy atom. The summed E-state index contributed by atoms with van der Waals surface area (Å²) in [6.07, 6.45) is 10.2. The SMILES string of the molecule is O=C(NCc1ccc2c(c1)OCCO2)C(c1ccnc(-n2ccnc2)n1)N1CCCCC1. The smallest absolute Gasteiger partial charge is 0.243 e. The van der Waals surface area contributed by atoms with E-state index in [0.29, 0.717) is 31.4 Å². The summed E-state index contributed by atoms with van der Waals surface area (Å²) < 4.78 is 13.0. The molecule has 0 bridgehead atoms. The summed E-state index contributed by atoms with van der Waals surface area (Å²) in [6.45, 7) is 3.23. The Labute approximate surface area is 186 Å². The van der Waals surface area contributed by atoms with E-state index >= 15 is 0 Å². The van der Waals surface area contributed by atoms with Gasteiger partial charge in [0.1, 0.15) is 25.6 Å². The highest BCUT2D eigenvalue weighted by atomic mass is 16.6. The fourth-order valence-corrected chi connectivity index (χ4v) is 4.16. The van der Waals surface area contributed by atoms with E-state index in [1.807, 2.05) is 24.3 Å². The quantitative estimate of drug-likeness (QED) is 0.636. The molecule has 1 fully saturated rings. The lowest BCUT2D eigenvalue weighted by atomic mass is 10.0. The van der Waals surface area contributed by atoms with Gasteiger partial charge < -0.3 is 14.8 Å². The predicted molar refractivity (Wildman–Crippen MR) is 117 cm³/mol. The Morgan fingerprint density at radius 1 is 1.06 bits per heavy atom. The van der Waals surface area contributed by atoms with Crippen LogP contribution < -0.4 is 14.8 Å². The van der Waals surface area contributed by atoms with E-state index in [9.17, 15) is 4.79 Å². The number of aromatic nitrogens is 4. The Kier molecular flexibility index (Phi) is 5.98. The first-order valence-electron chi connectivity index (χ1n) is 11.0. The second kappa shape index (κ2) is 9.35. The number of imidazole rings is 1. The number of benzene rings is 1. The number of carbonyl (C=O) groups excluding carboxylic acids is 1. The molecule has 166 valence electrons. The molecule has 2 aliphatic rings. The highest BCUT2D eigenvalue weighted by molar-refractivity contribution is 5.82. The maximum atomic E-state index is 13.4. The number of hydrogen-bond donors (Lipinski definition) is 1. The zero-order chi connectivity index (χ0) is 21.8. The lowest BCUT2D eigenvalue weighted by molar-refractivity contribution is -0.127. The van der Waals surface area contributed by atoms with Crippen LogP contribution in [0.1, 0.15) is 36.6 Å². The minimum absolute atomic E-state index is 0.0722. The number of rotatable bonds is 6. The van der Waals surface area contributed by atoms with Crippen LogP contribution in [0.15, 0.2) is 49.2 Å². The Hall–Kier alpha value is -3.46. The molecule has 0 spiro atoms. The number of likely N-dealkylation sites (tertiary alicyclic amines) is 1. The summed E-state index contributed by atoms with van der Waals surface area (Å²) in [5, 5.41) is 3.10. The number of nitrogens with zero attached hydrogens (tertiary/aromatic N) is 5. The van der Waals surface area contributed by atoms with Crippen molar-refractivity contribution in [3.63, 3.8) is 0 Å². The summed E-state index contributed by atoms with van der Waals surface area (Å²) in [5.41, 5.74) is 1.65. The third-order valence-corrected chi connectivity index (χ3v) is 5.76. The standard InChI is InChI=1S/C23H26N6O3/c30-22(26-15-17-4-5-19-20(14-17)32-13-12-31-19)21(28-9-2-1-3-10-28)18-6-7-25-23(27-18)29-11-8-24-16-29/h4-8,11,14,16,21H,1-3,9-10,12-13,15H2,(H,26,30). The second-order valence-electron chi connectivity index (χ2n) is 7.95. The number of piperidine rings is 1. The normalized spacial score (nSPS) is 17.0. The van der Waals surface area contributed by atoms with Crippen LogP contribution in [-0.4, -0.2) is 56.6 Å². The largest absolute Gasteiger partial charge is 0.486 e. The first kappa shape index (κ1) is 20.4. The van der Waals surface area contributed by atoms with E-state index in [0.717, 1.165) is 43.0 Å². The van der Waals surface area contributed by atoms with E-state index in [2.05, 4.69) is 20.2 Å². The number of ether oxygens (including phenoxy) is 2. The number of hydrogen-bond acceptors (Lipinski definition) is 7. The molecule has 1 unspecified atom stereocenters. The molecule has 0 saturated carbocycles. The number of carbonyl (C=O) groups is 1. The molecule has 9 heteroatoms. The van der Waals surface area contributed by atoms with Gasteiger partial charge in [-0.25, -0.2) is 15.0 Å². The van der Waals surface area contributed by atoms with Gasteiger partial charge in [-0.2, -0.15) is 0 Å². The Balaban J connectivity index is 1.36. The summed E-state index contributed by atoms with van der Waals surface area (Å²) in [6, 6.07) is 7.11. The highest BCUT2D eigenvalue weighted by Crippen LogP contribution is 2.31. The van der Waals surface area contributed by atoms with E-state index in [1.165, 1.54) is 6.42 Å². The maximum Gasteiger partial charge on any atom is 0.243 e. The average Bonchev–Trinajstić information content (AvgIpc) is 3.39. The van der Waals surface area contributed by atoms with Gasteiger partial charge in [0, 0.05) is 25.1 Å². The van der Waals surface area contributed by atoms with Crippen LogP contribution in [-0.2, 0) is 11.3 Å². The van der Waals surface area contributed by atoms with Crippen LogP contribution in [0.2, 0.25) is 0 Å². The van der Waals surface area contributed by atoms with Crippen molar-refractivity contribution in [2.75, 3.05) is 26.3 Å². The van der Waals surface area contributed by atoms with Crippen LogP contribution >= 0.6 is 0 Å². The van der Waals surface area contributed by atoms with E-state index in [1.54, 1.807) is 29.5 Å². The molecular weight excluding hydrogens is 408 g/mol. The van der Waals surface area contributed by atoms with Gasteiger partial charge in [-0.3, -0.25) is 14.3 Å². The molecule has 1 aromatic carbocycles. The molecule has 3 aromatic rings. The van der Waals surface area contributed by atoms with Gasteiger partial charge in [0.05, 0.1) is 5.69 Å². The minimum atomic E-state index is -0.474. The molecular formula is C23H26N6O3. The van der Waals surface area contributed by atoms with Gasteiger partial charge in [0.25, 0.3) is 0 Å². The third kappa shape index (κ3) is 4.43. The lowest BCUT2D eigenvalue weighted by Crippen LogP contribution is -2.43. The third-order valence-electron chi connectivity index (χ3n) is 5.76. The monoisotopic (exact) mass is 434 g/mol. The van der Waals surface area contributed by atoms with Gasteiger partial charge in [-0.1, -0.05) is 12.5 Å². The average molecular weight is 435 g/mol. The maximum absolute atomic E-state index is 13.4. The topological polar surface area (TPSA) is 94.4 Å².